The monoisotopic (exact) mass is 452 g/mol. The number of nitrogens with zero attached hydrogens (tertiary/aromatic N) is 2. The SMILES string of the molecule is Cc1ccc(Cn2nc(C)c(C(=O)NNC(=O)C3CC(c4ccccc4)NN3)c2Cl)cc1. The Labute approximate surface area is 191 Å². The third-order valence-electron chi connectivity index (χ3n) is 5.47. The van der Waals surface area contributed by atoms with E-state index in [9.17, 15) is 9.59 Å². The van der Waals surface area contributed by atoms with E-state index in [1.54, 1.807) is 11.6 Å². The Morgan fingerprint density at radius 1 is 1.06 bits per heavy atom. The first-order valence-electron chi connectivity index (χ1n) is 10.4. The summed E-state index contributed by atoms with van der Waals surface area (Å²) in [7, 11) is 0. The zero-order valence-corrected chi connectivity index (χ0v) is 18.6. The number of benzene rings is 2. The first-order chi connectivity index (χ1) is 15.4. The van der Waals surface area contributed by atoms with Crippen molar-refractivity contribution < 1.29 is 9.59 Å². The molecule has 0 saturated carbocycles. The first kappa shape index (κ1) is 22.0. The van der Waals surface area contributed by atoms with Gasteiger partial charge in [0, 0.05) is 6.04 Å². The summed E-state index contributed by atoms with van der Waals surface area (Å²) in [6.45, 7) is 4.17. The number of hydrazine groups is 2. The molecule has 1 aliphatic rings. The lowest BCUT2D eigenvalue weighted by atomic mass is 10.0. The molecule has 0 aliphatic carbocycles. The number of halogens is 1. The van der Waals surface area contributed by atoms with E-state index in [1.807, 2.05) is 61.5 Å². The molecule has 8 nitrogen and oxygen atoms in total. The molecule has 1 aliphatic heterocycles. The number of aromatic nitrogens is 2. The van der Waals surface area contributed by atoms with E-state index in [0.29, 0.717) is 18.7 Å². The predicted octanol–water partition coefficient (Wildman–Crippen LogP) is 2.57. The topological polar surface area (TPSA) is 100 Å². The third kappa shape index (κ3) is 4.83. The minimum absolute atomic E-state index is 0.0133. The number of amides is 2. The van der Waals surface area contributed by atoms with Crippen molar-refractivity contribution >= 4 is 23.4 Å². The minimum Gasteiger partial charge on any atom is -0.271 e. The van der Waals surface area contributed by atoms with Gasteiger partial charge >= 0.3 is 0 Å². The second-order valence-corrected chi connectivity index (χ2v) is 8.24. The van der Waals surface area contributed by atoms with Gasteiger partial charge in [0.2, 0.25) is 0 Å². The summed E-state index contributed by atoms with van der Waals surface area (Å²) >= 11 is 6.44. The van der Waals surface area contributed by atoms with Crippen molar-refractivity contribution in [2.24, 2.45) is 0 Å². The van der Waals surface area contributed by atoms with Crippen LogP contribution in [-0.4, -0.2) is 27.6 Å². The van der Waals surface area contributed by atoms with Gasteiger partial charge in [0.05, 0.1) is 12.2 Å². The Kier molecular flexibility index (Phi) is 6.55. The minimum atomic E-state index is -0.512. The summed E-state index contributed by atoms with van der Waals surface area (Å²) in [6, 6.07) is 17.4. The number of hydrogen-bond donors (Lipinski definition) is 4. The van der Waals surface area contributed by atoms with Gasteiger partial charge in [-0.2, -0.15) is 5.10 Å². The van der Waals surface area contributed by atoms with Crippen molar-refractivity contribution in [3.8, 4) is 0 Å². The predicted molar refractivity (Wildman–Crippen MR) is 122 cm³/mol. The van der Waals surface area contributed by atoms with Gasteiger partial charge in [0.1, 0.15) is 16.8 Å². The number of carbonyl (C=O) groups is 2. The summed E-state index contributed by atoms with van der Waals surface area (Å²) < 4.78 is 1.57. The fourth-order valence-corrected chi connectivity index (χ4v) is 4.00. The number of nitrogens with one attached hydrogen (secondary N) is 4. The van der Waals surface area contributed by atoms with Crippen LogP contribution in [0.2, 0.25) is 5.15 Å². The van der Waals surface area contributed by atoms with Gasteiger partial charge in [-0.3, -0.25) is 20.4 Å². The van der Waals surface area contributed by atoms with E-state index < -0.39 is 11.9 Å². The Morgan fingerprint density at radius 2 is 1.78 bits per heavy atom. The molecule has 2 atom stereocenters. The molecule has 32 heavy (non-hydrogen) atoms. The van der Waals surface area contributed by atoms with E-state index in [4.69, 9.17) is 11.6 Å². The van der Waals surface area contributed by atoms with E-state index in [-0.39, 0.29) is 22.7 Å². The van der Waals surface area contributed by atoms with Crippen LogP contribution in [-0.2, 0) is 11.3 Å². The molecule has 4 N–H and O–H groups in total. The van der Waals surface area contributed by atoms with Crippen molar-refractivity contribution in [1.29, 1.82) is 0 Å². The molecule has 2 heterocycles. The van der Waals surface area contributed by atoms with Crippen molar-refractivity contribution in [3.05, 3.63) is 87.7 Å². The lowest BCUT2D eigenvalue weighted by Crippen LogP contribution is -2.50. The van der Waals surface area contributed by atoms with Gasteiger partial charge in [0.25, 0.3) is 11.8 Å². The highest BCUT2D eigenvalue weighted by Crippen LogP contribution is 2.22. The molecule has 0 bridgehead atoms. The lowest BCUT2D eigenvalue weighted by Gasteiger charge is -2.12. The molecule has 166 valence electrons. The molecule has 1 saturated heterocycles. The molecule has 2 unspecified atom stereocenters. The van der Waals surface area contributed by atoms with E-state index in [0.717, 1.165) is 16.7 Å². The maximum absolute atomic E-state index is 12.7. The van der Waals surface area contributed by atoms with Crippen LogP contribution < -0.4 is 21.7 Å². The van der Waals surface area contributed by atoms with Crippen molar-refractivity contribution in [2.45, 2.75) is 38.9 Å². The highest BCUT2D eigenvalue weighted by molar-refractivity contribution is 6.33. The number of hydrogen-bond acceptors (Lipinski definition) is 5. The quantitative estimate of drug-likeness (QED) is 0.446. The molecule has 4 rings (SSSR count). The number of aryl methyl sites for hydroxylation is 2. The highest BCUT2D eigenvalue weighted by Gasteiger charge is 2.30. The van der Waals surface area contributed by atoms with Crippen LogP contribution in [0.4, 0.5) is 0 Å². The molecule has 1 aromatic heterocycles. The van der Waals surface area contributed by atoms with Crippen LogP contribution >= 0.6 is 11.6 Å². The van der Waals surface area contributed by atoms with Crippen LogP contribution in [0.15, 0.2) is 54.6 Å². The maximum atomic E-state index is 12.7. The standard InChI is InChI=1S/C23H25ClN6O2/c1-14-8-10-16(11-9-14)13-30-21(24)20(15(2)29-30)23(32)28-27-22(31)19-12-18(25-26-19)17-6-4-3-5-7-17/h3-11,18-19,25-26H,12-13H2,1-2H3,(H,27,31)(H,28,32). The fourth-order valence-electron chi connectivity index (χ4n) is 3.68. The van der Waals surface area contributed by atoms with E-state index in [2.05, 4.69) is 26.8 Å². The van der Waals surface area contributed by atoms with Gasteiger partial charge in [-0.05, 0) is 31.4 Å². The average Bonchev–Trinajstić information content (AvgIpc) is 3.39. The lowest BCUT2D eigenvalue weighted by molar-refractivity contribution is -0.123. The van der Waals surface area contributed by atoms with Crippen LogP contribution in [0.25, 0.3) is 0 Å². The van der Waals surface area contributed by atoms with Gasteiger partial charge in [-0.1, -0.05) is 71.8 Å². The van der Waals surface area contributed by atoms with Gasteiger partial charge in [-0.15, -0.1) is 0 Å². The molecular weight excluding hydrogens is 428 g/mol. The molecule has 0 radical (unpaired) electrons. The van der Waals surface area contributed by atoms with Gasteiger partial charge in [-0.25, -0.2) is 15.5 Å². The zero-order valence-electron chi connectivity index (χ0n) is 17.9. The highest BCUT2D eigenvalue weighted by atomic mass is 35.5. The third-order valence-corrected chi connectivity index (χ3v) is 5.85. The molecule has 0 spiro atoms. The fraction of sp³-hybridized carbons (Fsp3) is 0.261. The molecule has 3 aromatic rings. The van der Waals surface area contributed by atoms with Crippen molar-refractivity contribution in [3.63, 3.8) is 0 Å². The number of carbonyl (C=O) groups excluding carboxylic acids is 2. The van der Waals surface area contributed by atoms with E-state index in [1.165, 1.54) is 0 Å². The summed E-state index contributed by atoms with van der Waals surface area (Å²) in [5, 5.41) is 4.61. The summed E-state index contributed by atoms with van der Waals surface area (Å²) in [5.41, 5.74) is 15.0. The molecule has 2 aromatic carbocycles. The molecule has 2 amide bonds. The van der Waals surface area contributed by atoms with E-state index >= 15 is 0 Å². The van der Waals surface area contributed by atoms with Crippen LogP contribution in [0, 0.1) is 13.8 Å². The zero-order chi connectivity index (χ0) is 22.7. The second kappa shape index (κ2) is 9.52. The molecular formula is C23H25ClN6O2. The second-order valence-electron chi connectivity index (χ2n) is 7.88. The summed E-state index contributed by atoms with van der Waals surface area (Å²) in [4.78, 5) is 25.2. The van der Waals surface area contributed by atoms with Crippen LogP contribution in [0.3, 0.4) is 0 Å². The Morgan fingerprint density at radius 3 is 2.50 bits per heavy atom. The number of rotatable bonds is 5. The van der Waals surface area contributed by atoms with Crippen molar-refractivity contribution in [2.75, 3.05) is 0 Å². The molecule has 1 fully saturated rings. The summed E-state index contributed by atoms with van der Waals surface area (Å²) in [5.74, 6) is -0.855. The largest absolute Gasteiger partial charge is 0.274 e. The maximum Gasteiger partial charge on any atom is 0.274 e. The summed E-state index contributed by atoms with van der Waals surface area (Å²) in [6.07, 6.45) is 0.556. The normalized spacial score (nSPS) is 17.8. The molecule has 9 heteroatoms. The Hall–Kier alpha value is -3.20. The van der Waals surface area contributed by atoms with Crippen LogP contribution in [0.5, 0.6) is 0 Å². The van der Waals surface area contributed by atoms with Gasteiger partial charge in [0.15, 0.2) is 0 Å². The Balaban J connectivity index is 1.35. The van der Waals surface area contributed by atoms with Crippen LogP contribution in [0.1, 0.15) is 45.2 Å². The smallest absolute Gasteiger partial charge is 0.271 e. The first-order valence-corrected chi connectivity index (χ1v) is 10.7. The average molecular weight is 453 g/mol. The van der Waals surface area contributed by atoms with Gasteiger partial charge < -0.3 is 0 Å². The Bertz CT molecular complexity index is 1110. The van der Waals surface area contributed by atoms with Crippen molar-refractivity contribution in [1.82, 2.24) is 31.5 Å².